The summed E-state index contributed by atoms with van der Waals surface area (Å²) in [6, 6.07) is 4.97. The molecule has 4 rings (SSSR count). The van der Waals surface area contributed by atoms with E-state index in [1.807, 2.05) is 29.4 Å². The van der Waals surface area contributed by atoms with Gasteiger partial charge < -0.3 is 29.2 Å². The lowest BCUT2D eigenvalue weighted by Crippen LogP contribution is -2.42. The van der Waals surface area contributed by atoms with Crippen LogP contribution in [-0.4, -0.2) is 87.6 Å². The van der Waals surface area contributed by atoms with Crippen molar-refractivity contribution in [2.24, 2.45) is 4.99 Å². The van der Waals surface area contributed by atoms with Crippen LogP contribution in [0.15, 0.2) is 45.6 Å². The molecule has 0 aliphatic carbocycles. The first-order valence-electron chi connectivity index (χ1n) is 12.3. The van der Waals surface area contributed by atoms with E-state index in [0.717, 1.165) is 44.1 Å². The van der Waals surface area contributed by atoms with E-state index in [-0.39, 0.29) is 12.3 Å². The number of rotatable bonds is 10. The molecular formula is C26H34N4O6S. The average Bonchev–Trinajstić information content (AvgIpc) is 3.33. The Bertz CT molecular complexity index is 1090. The molecular weight excluding hydrogens is 496 g/mol. The van der Waals surface area contributed by atoms with Gasteiger partial charge in [-0.05, 0) is 29.5 Å². The summed E-state index contributed by atoms with van der Waals surface area (Å²) in [5.41, 5.74) is 2.62. The fourth-order valence-electron chi connectivity index (χ4n) is 4.62. The minimum Gasteiger partial charge on any atom is -0.497 e. The van der Waals surface area contributed by atoms with Crippen LogP contribution < -0.4 is 14.8 Å². The largest absolute Gasteiger partial charge is 0.497 e. The lowest BCUT2D eigenvalue weighted by Gasteiger charge is -2.36. The number of ether oxygens (including phenoxy) is 4. The van der Waals surface area contributed by atoms with Gasteiger partial charge in [0.2, 0.25) is 5.91 Å². The fourth-order valence-corrected chi connectivity index (χ4v) is 5.56. The predicted octanol–water partition coefficient (Wildman–Crippen LogP) is 2.68. The van der Waals surface area contributed by atoms with Gasteiger partial charge in [0, 0.05) is 37.9 Å². The number of thioether (sulfide) groups is 1. The van der Waals surface area contributed by atoms with Crippen LogP contribution in [0.5, 0.6) is 11.5 Å². The molecule has 0 aromatic heterocycles. The van der Waals surface area contributed by atoms with E-state index in [1.165, 1.54) is 18.9 Å². The fraction of sp³-hybridized carbons (Fsp3) is 0.500. The number of morpholine rings is 1. The molecule has 11 heteroatoms. The van der Waals surface area contributed by atoms with Crippen molar-refractivity contribution in [2.45, 2.75) is 25.8 Å². The minimum atomic E-state index is -0.554. The maximum atomic E-state index is 13.1. The summed E-state index contributed by atoms with van der Waals surface area (Å²) in [5.74, 6) is 0.642. The molecule has 1 unspecified atom stereocenters. The SMILES string of the molecule is CCC1=C(C(=O)OC)C(c2cc(OC)cc(OC)c2)N2C(CC(=O)NCCN3CCOCC3)=CSC2=N1. The molecule has 1 aromatic carbocycles. The highest BCUT2D eigenvalue weighted by molar-refractivity contribution is 8.16. The van der Waals surface area contributed by atoms with Gasteiger partial charge in [-0.2, -0.15) is 0 Å². The van der Waals surface area contributed by atoms with Crippen LogP contribution in [-0.2, 0) is 19.1 Å². The molecule has 37 heavy (non-hydrogen) atoms. The monoisotopic (exact) mass is 530 g/mol. The third-order valence-electron chi connectivity index (χ3n) is 6.51. The third kappa shape index (κ3) is 6.11. The van der Waals surface area contributed by atoms with Crippen molar-refractivity contribution >= 4 is 28.8 Å². The number of esters is 1. The number of nitrogens with zero attached hydrogens (tertiary/aromatic N) is 3. The zero-order valence-corrected chi connectivity index (χ0v) is 22.6. The molecule has 3 aliphatic heterocycles. The lowest BCUT2D eigenvalue weighted by atomic mass is 9.92. The van der Waals surface area contributed by atoms with Gasteiger partial charge in [0.25, 0.3) is 0 Å². The van der Waals surface area contributed by atoms with E-state index < -0.39 is 12.0 Å². The van der Waals surface area contributed by atoms with Gasteiger partial charge in [-0.3, -0.25) is 9.69 Å². The van der Waals surface area contributed by atoms with Crippen molar-refractivity contribution < 1.29 is 28.5 Å². The highest BCUT2D eigenvalue weighted by Gasteiger charge is 2.41. The van der Waals surface area contributed by atoms with Gasteiger partial charge >= 0.3 is 5.97 Å². The Morgan fingerprint density at radius 1 is 1.14 bits per heavy atom. The van der Waals surface area contributed by atoms with E-state index in [9.17, 15) is 9.59 Å². The predicted molar refractivity (Wildman–Crippen MR) is 141 cm³/mol. The van der Waals surface area contributed by atoms with Gasteiger partial charge in [0.15, 0.2) is 5.17 Å². The van der Waals surface area contributed by atoms with Crippen molar-refractivity contribution in [3.05, 3.63) is 46.1 Å². The van der Waals surface area contributed by atoms with Crippen molar-refractivity contribution in [1.82, 2.24) is 15.1 Å². The Kier molecular flexibility index (Phi) is 9.12. The standard InChI is InChI=1S/C26H34N4O6S/c1-5-21-23(25(32)35-4)24(17-12-19(33-2)15-20(13-17)34-3)30-18(16-37-26(30)28-21)14-22(31)27-6-7-29-8-10-36-11-9-29/h12-13,15-16,24H,5-11,14H2,1-4H3,(H,27,31). The molecule has 3 aliphatic rings. The molecule has 1 N–H and O–H groups in total. The van der Waals surface area contributed by atoms with Crippen LogP contribution in [0.2, 0.25) is 0 Å². The van der Waals surface area contributed by atoms with Crippen molar-refractivity contribution in [3.63, 3.8) is 0 Å². The average molecular weight is 531 g/mol. The normalized spacial score (nSPS) is 19.7. The highest BCUT2D eigenvalue weighted by atomic mass is 32.2. The molecule has 1 aromatic rings. The number of methoxy groups -OCH3 is 3. The lowest BCUT2D eigenvalue weighted by molar-refractivity contribution is -0.136. The molecule has 0 spiro atoms. The molecule has 10 nitrogen and oxygen atoms in total. The second-order valence-electron chi connectivity index (χ2n) is 8.73. The highest BCUT2D eigenvalue weighted by Crippen LogP contribution is 2.46. The summed E-state index contributed by atoms with van der Waals surface area (Å²) >= 11 is 1.44. The van der Waals surface area contributed by atoms with Crippen molar-refractivity contribution in [2.75, 3.05) is 60.7 Å². The number of nitrogens with one attached hydrogen (secondary N) is 1. The second kappa shape index (κ2) is 12.5. The summed E-state index contributed by atoms with van der Waals surface area (Å²) in [7, 11) is 4.53. The molecule has 1 fully saturated rings. The Morgan fingerprint density at radius 3 is 2.46 bits per heavy atom. The number of fused-ring (bicyclic) bond motifs is 1. The molecule has 1 atom stereocenters. The number of amidine groups is 1. The van der Waals surface area contributed by atoms with Gasteiger partial charge in [-0.25, -0.2) is 9.79 Å². The maximum absolute atomic E-state index is 13.1. The molecule has 3 heterocycles. The molecule has 0 bridgehead atoms. The molecule has 0 saturated carbocycles. The quantitative estimate of drug-likeness (QED) is 0.458. The zero-order valence-electron chi connectivity index (χ0n) is 21.7. The number of hydrogen-bond acceptors (Lipinski definition) is 10. The number of carbonyl (C=O) groups is 2. The number of amides is 1. The summed E-state index contributed by atoms with van der Waals surface area (Å²) in [5, 5.41) is 5.67. The Morgan fingerprint density at radius 2 is 1.84 bits per heavy atom. The summed E-state index contributed by atoms with van der Waals surface area (Å²) in [6.45, 7) is 6.49. The van der Waals surface area contributed by atoms with Crippen molar-refractivity contribution in [3.8, 4) is 11.5 Å². The van der Waals surface area contributed by atoms with Crippen molar-refractivity contribution in [1.29, 1.82) is 0 Å². The summed E-state index contributed by atoms with van der Waals surface area (Å²) in [4.78, 5) is 35.0. The topological polar surface area (TPSA) is 102 Å². The number of hydrogen-bond donors (Lipinski definition) is 1. The number of aliphatic imine (C=N–C) groups is 1. The van der Waals surface area contributed by atoms with Crippen LogP contribution in [0.3, 0.4) is 0 Å². The first-order chi connectivity index (χ1) is 18.0. The van der Waals surface area contributed by atoms with Crippen LogP contribution in [0, 0.1) is 0 Å². The van der Waals surface area contributed by atoms with Gasteiger partial charge in [0.05, 0.1) is 58.3 Å². The van der Waals surface area contributed by atoms with Gasteiger partial charge in [-0.15, -0.1) is 0 Å². The molecule has 1 saturated heterocycles. The summed E-state index contributed by atoms with van der Waals surface area (Å²) < 4.78 is 21.6. The Balaban J connectivity index is 1.60. The Labute approximate surface area is 221 Å². The van der Waals surface area contributed by atoms with Crippen LogP contribution >= 0.6 is 11.8 Å². The molecule has 0 radical (unpaired) electrons. The Hall–Kier alpha value is -3.02. The molecule has 200 valence electrons. The number of allylic oxidation sites excluding steroid dienone is 1. The third-order valence-corrected chi connectivity index (χ3v) is 7.40. The number of carbonyl (C=O) groups excluding carboxylic acids is 2. The molecule has 1 amide bonds. The zero-order chi connectivity index (χ0) is 26.4. The minimum absolute atomic E-state index is 0.0896. The van der Waals surface area contributed by atoms with Crippen LogP contribution in [0.4, 0.5) is 0 Å². The van der Waals surface area contributed by atoms with E-state index in [1.54, 1.807) is 20.3 Å². The van der Waals surface area contributed by atoms with E-state index in [4.69, 9.17) is 23.9 Å². The van der Waals surface area contributed by atoms with Gasteiger partial charge in [-0.1, -0.05) is 18.7 Å². The van der Waals surface area contributed by atoms with E-state index >= 15 is 0 Å². The summed E-state index contributed by atoms with van der Waals surface area (Å²) in [6.07, 6.45) is 0.708. The first-order valence-corrected chi connectivity index (χ1v) is 13.2. The van der Waals surface area contributed by atoms with Gasteiger partial charge in [0.1, 0.15) is 11.5 Å². The van der Waals surface area contributed by atoms with E-state index in [2.05, 4.69) is 10.2 Å². The van der Waals surface area contributed by atoms with E-state index in [0.29, 0.717) is 40.9 Å². The van der Waals surface area contributed by atoms with Crippen LogP contribution in [0.25, 0.3) is 0 Å². The smallest absolute Gasteiger partial charge is 0.338 e. The number of benzene rings is 1. The first kappa shape index (κ1) is 27.0. The van der Waals surface area contributed by atoms with Crippen LogP contribution in [0.1, 0.15) is 31.4 Å². The second-order valence-corrected chi connectivity index (χ2v) is 9.56. The maximum Gasteiger partial charge on any atom is 0.338 e.